The van der Waals surface area contributed by atoms with E-state index in [1.165, 1.54) is 0 Å². The third kappa shape index (κ3) is 1.33. The molecule has 0 saturated heterocycles. The molecule has 16 heavy (non-hydrogen) atoms. The van der Waals surface area contributed by atoms with Crippen LogP contribution in [0.5, 0.6) is 5.88 Å². The fourth-order valence-corrected chi connectivity index (χ4v) is 1.58. The van der Waals surface area contributed by atoms with Gasteiger partial charge in [0.05, 0.1) is 7.11 Å². The minimum absolute atomic E-state index is 0.554. The van der Waals surface area contributed by atoms with E-state index in [1.54, 1.807) is 17.8 Å². The largest absolute Gasteiger partial charge is 0.480 e. The highest BCUT2D eigenvalue weighted by Gasteiger charge is 2.07. The summed E-state index contributed by atoms with van der Waals surface area (Å²) in [5.41, 5.74) is 1.78. The van der Waals surface area contributed by atoms with Crippen molar-refractivity contribution in [3.63, 3.8) is 0 Å². The molecule has 0 spiro atoms. The fourth-order valence-electron chi connectivity index (χ4n) is 1.58. The highest BCUT2D eigenvalue weighted by atomic mass is 16.5. The van der Waals surface area contributed by atoms with E-state index in [2.05, 4.69) is 15.2 Å². The molecule has 1 N–H and O–H groups in total. The van der Waals surface area contributed by atoms with E-state index in [4.69, 9.17) is 4.74 Å². The molecule has 0 fully saturated rings. The van der Waals surface area contributed by atoms with Crippen LogP contribution in [-0.2, 0) is 0 Å². The third-order valence-corrected chi connectivity index (χ3v) is 2.36. The van der Waals surface area contributed by atoms with Gasteiger partial charge in [-0.25, -0.2) is 4.98 Å². The van der Waals surface area contributed by atoms with Gasteiger partial charge in [-0.05, 0) is 0 Å². The van der Waals surface area contributed by atoms with Crippen LogP contribution in [0.4, 0.5) is 0 Å². The van der Waals surface area contributed by atoms with Crippen molar-refractivity contribution in [3.05, 3.63) is 36.4 Å². The molecule has 3 aromatic rings. The number of nitrogens with one attached hydrogen (secondary N) is 1. The zero-order chi connectivity index (χ0) is 11.0. The second-order valence-corrected chi connectivity index (χ2v) is 3.39. The van der Waals surface area contributed by atoms with Crippen LogP contribution >= 0.6 is 0 Å². The molecule has 80 valence electrons. The summed E-state index contributed by atoms with van der Waals surface area (Å²) in [6.45, 7) is 0. The van der Waals surface area contributed by atoms with Crippen molar-refractivity contribution < 1.29 is 4.74 Å². The second kappa shape index (κ2) is 3.37. The minimum Gasteiger partial charge on any atom is -0.480 e. The van der Waals surface area contributed by atoms with Crippen molar-refractivity contribution in [1.29, 1.82) is 0 Å². The number of aromatic nitrogens is 4. The van der Waals surface area contributed by atoms with E-state index < -0.39 is 0 Å². The highest BCUT2D eigenvalue weighted by molar-refractivity contribution is 5.58. The SMILES string of the molecule is COc1cc2nc(-c3ccccc3)[nH]n2n1. The summed E-state index contributed by atoms with van der Waals surface area (Å²) in [5.74, 6) is 1.35. The Bertz CT molecular complexity index is 580. The maximum atomic E-state index is 5.01. The summed E-state index contributed by atoms with van der Waals surface area (Å²) >= 11 is 0. The average Bonchev–Trinajstić information content (AvgIpc) is 2.87. The lowest BCUT2D eigenvalue weighted by molar-refractivity contribution is 0.393. The molecule has 0 amide bonds. The van der Waals surface area contributed by atoms with E-state index in [9.17, 15) is 0 Å². The van der Waals surface area contributed by atoms with Crippen LogP contribution in [0, 0.1) is 0 Å². The first-order chi connectivity index (χ1) is 7.86. The molecule has 0 radical (unpaired) electrons. The number of fused-ring (bicyclic) bond motifs is 1. The van der Waals surface area contributed by atoms with E-state index in [0.717, 1.165) is 17.0 Å². The topological polar surface area (TPSA) is 55.2 Å². The predicted molar refractivity (Wildman–Crippen MR) is 59.3 cm³/mol. The lowest BCUT2D eigenvalue weighted by Gasteiger charge is -1.93. The predicted octanol–water partition coefficient (Wildman–Crippen LogP) is 1.73. The van der Waals surface area contributed by atoms with Gasteiger partial charge in [-0.3, -0.25) is 5.10 Å². The molecule has 0 aliphatic carbocycles. The molecule has 0 saturated carbocycles. The first kappa shape index (κ1) is 8.96. The van der Waals surface area contributed by atoms with Crippen molar-refractivity contribution in [1.82, 2.24) is 19.8 Å². The maximum Gasteiger partial charge on any atom is 0.236 e. The van der Waals surface area contributed by atoms with Gasteiger partial charge < -0.3 is 4.74 Å². The van der Waals surface area contributed by atoms with E-state index in [1.807, 2.05) is 30.3 Å². The van der Waals surface area contributed by atoms with Crippen molar-refractivity contribution in [2.75, 3.05) is 7.11 Å². The Morgan fingerprint density at radius 1 is 1.25 bits per heavy atom. The lowest BCUT2D eigenvalue weighted by atomic mass is 10.2. The Hall–Kier alpha value is -2.30. The first-order valence-electron chi connectivity index (χ1n) is 4.92. The van der Waals surface area contributed by atoms with E-state index in [-0.39, 0.29) is 0 Å². The number of nitrogens with zero attached hydrogens (tertiary/aromatic N) is 3. The summed E-state index contributed by atoms with van der Waals surface area (Å²) < 4.78 is 6.61. The van der Waals surface area contributed by atoms with Gasteiger partial charge >= 0.3 is 0 Å². The Morgan fingerprint density at radius 3 is 2.75 bits per heavy atom. The molecule has 1 aromatic carbocycles. The molecule has 3 rings (SSSR count). The fraction of sp³-hybridized carbons (Fsp3) is 0.0909. The van der Waals surface area contributed by atoms with Crippen LogP contribution in [-0.4, -0.2) is 26.9 Å². The molecular formula is C11H10N4O. The summed E-state index contributed by atoms with van der Waals surface area (Å²) in [6.07, 6.45) is 0. The number of ether oxygens (including phenoxy) is 1. The maximum absolute atomic E-state index is 5.01. The number of H-pyrrole nitrogens is 1. The van der Waals surface area contributed by atoms with Gasteiger partial charge in [0, 0.05) is 11.6 Å². The van der Waals surface area contributed by atoms with Crippen molar-refractivity contribution >= 4 is 5.65 Å². The first-order valence-corrected chi connectivity index (χ1v) is 4.92. The monoisotopic (exact) mass is 214 g/mol. The summed E-state index contributed by atoms with van der Waals surface area (Å²) in [7, 11) is 1.58. The van der Waals surface area contributed by atoms with Gasteiger partial charge in [-0.15, -0.1) is 5.10 Å². The standard InChI is InChI=1S/C11H10N4O/c1-16-10-7-9-12-11(14-15(9)13-10)8-5-3-2-4-6-8/h2-7H,1H3,(H,12,14). The van der Waals surface area contributed by atoms with Crippen molar-refractivity contribution in [2.45, 2.75) is 0 Å². The van der Waals surface area contributed by atoms with Crippen LogP contribution in [0.1, 0.15) is 0 Å². The number of hydrogen-bond donors (Lipinski definition) is 1. The van der Waals surface area contributed by atoms with Gasteiger partial charge in [0.25, 0.3) is 0 Å². The van der Waals surface area contributed by atoms with Crippen LogP contribution in [0.25, 0.3) is 17.0 Å². The van der Waals surface area contributed by atoms with E-state index >= 15 is 0 Å². The minimum atomic E-state index is 0.554. The molecule has 0 aliphatic rings. The van der Waals surface area contributed by atoms with Gasteiger partial charge in [-0.1, -0.05) is 30.3 Å². The molecule has 5 nitrogen and oxygen atoms in total. The molecule has 2 aromatic heterocycles. The summed E-state index contributed by atoms with van der Waals surface area (Å²) in [5, 5.41) is 7.23. The molecule has 0 aliphatic heterocycles. The second-order valence-electron chi connectivity index (χ2n) is 3.39. The summed E-state index contributed by atoms with van der Waals surface area (Å²) in [6, 6.07) is 11.7. The smallest absolute Gasteiger partial charge is 0.236 e. The average molecular weight is 214 g/mol. The number of methoxy groups -OCH3 is 1. The quantitative estimate of drug-likeness (QED) is 0.706. The van der Waals surface area contributed by atoms with Gasteiger partial charge in [0.2, 0.25) is 5.88 Å². The van der Waals surface area contributed by atoms with Crippen molar-refractivity contribution in [2.24, 2.45) is 0 Å². The highest BCUT2D eigenvalue weighted by Crippen LogP contribution is 2.17. The Kier molecular flexibility index (Phi) is 1.89. The van der Waals surface area contributed by atoms with Crippen LogP contribution < -0.4 is 4.74 Å². The molecule has 5 heteroatoms. The van der Waals surface area contributed by atoms with E-state index in [0.29, 0.717) is 5.88 Å². The Balaban J connectivity index is 2.10. The third-order valence-electron chi connectivity index (χ3n) is 2.36. The number of rotatable bonds is 2. The molecular weight excluding hydrogens is 204 g/mol. The molecule has 0 unspecified atom stereocenters. The zero-order valence-electron chi connectivity index (χ0n) is 8.71. The van der Waals surface area contributed by atoms with Gasteiger partial charge in [0.15, 0.2) is 11.5 Å². The van der Waals surface area contributed by atoms with Crippen LogP contribution in [0.3, 0.4) is 0 Å². The number of hydrogen-bond acceptors (Lipinski definition) is 3. The molecule has 0 bridgehead atoms. The van der Waals surface area contributed by atoms with Crippen LogP contribution in [0.2, 0.25) is 0 Å². The van der Waals surface area contributed by atoms with Crippen molar-refractivity contribution in [3.8, 4) is 17.3 Å². The summed E-state index contributed by atoms with van der Waals surface area (Å²) in [4.78, 5) is 4.42. The molecule has 2 heterocycles. The van der Waals surface area contributed by atoms with Gasteiger partial charge in [-0.2, -0.15) is 4.63 Å². The van der Waals surface area contributed by atoms with Crippen LogP contribution in [0.15, 0.2) is 36.4 Å². The molecule has 0 atom stereocenters. The Labute approximate surface area is 91.7 Å². The zero-order valence-corrected chi connectivity index (χ0v) is 8.71. The lowest BCUT2D eigenvalue weighted by Crippen LogP contribution is -1.89. The number of benzene rings is 1. The van der Waals surface area contributed by atoms with Gasteiger partial charge in [0.1, 0.15) is 0 Å². The normalized spacial score (nSPS) is 10.8. The Morgan fingerprint density at radius 2 is 2.06 bits per heavy atom. The number of aromatic amines is 1.